The van der Waals surface area contributed by atoms with Crippen molar-refractivity contribution in [1.82, 2.24) is 5.32 Å². The molecule has 4 heteroatoms. The van der Waals surface area contributed by atoms with E-state index >= 15 is 0 Å². The van der Waals surface area contributed by atoms with Gasteiger partial charge in [0.05, 0.1) is 5.56 Å². The number of nitrogens with one attached hydrogen (secondary N) is 2. The Labute approximate surface area is 123 Å². The summed E-state index contributed by atoms with van der Waals surface area (Å²) in [4.78, 5) is 25.2. The molecule has 106 valence electrons. The summed E-state index contributed by atoms with van der Waals surface area (Å²) >= 11 is 0. The number of anilines is 1. The largest absolute Gasteiger partial charge is 0.383 e. The number of hydrogen-bond donors (Lipinski definition) is 2. The molecule has 0 heterocycles. The van der Waals surface area contributed by atoms with E-state index in [0.29, 0.717) is 28.8 Å². The van der Waals surface area contributed by atoms with Gasteiger partial charge in [-0.05, 0) is 13.1 Å². The Balaban J connectivity index is 2.08. The lowest BCUT2D eigenvalue weighted by Gasteiger charge is -2.20. The molecule has 0 unspecified atom stereocenters. The van der Waals surface area contributed by atoms with Crippen LogP contribution in [0.1, 0.15) is 31.8 Å². The zero-order valence-corrected chi connectivity index (χ0v) is 11.8. The van der Waals surface area contributed by atoms with Crippen LogP contribution in [0.2, 0.25) is 0 Å². The first-order valence-electron chi connectivity index (χ1n) is 6.94. The van der Waals surface area contributed by atoms with Gasteiger partial charge in [0.15, 0.2) is 11.6 Å². The summed E-state index contributed by atoms with van der Waals surface area (Å²) in [6.45, 7) is 1.47. The number of carbonyl (C=O) groups excluding carboxylic acids is 2. The molecule has 0 saturated carbocycles. The Hall–Kier alpha value is -2.46. The lowest BCUT2D eigenvalue weighted by molar-refractivity contribution is 0.0979. The average molecular weight is 280 g/mol. The maximum Gasteiger partial charge on any atom is 0.196 e. The van der Waals surface area contributed by atoms with E-state index in [1.165, 1.54) is 0 Å². The normalized spacial score (nSPS) is 12.8. The van der Waals surface area contributed by atoms with Crippen LogP contribution in [0, 0.1) is 0 Å². The predicted molar refractivity (Wildman–Crippen MR) is 82.2 cm³/mol. The topological polar surface area (TPSA) is 58.2 Å². The van der Waals surface area contributed by atoms with Gasteiger partial charge < -0.3 is 10.6 Å². The van der Waals surface area contributed by atoms with Crippen LogP contribution in [0.15, 0.2) is 42.5 Å². The Kier molecular flexibility index (Phi) is 3.54. The highest BCUT2D eigenvalue weighted by Gasteiger charge is 2.31. The van der Waals surface area contributed by atoms with Gasteiger partial charge in [-0.15, -0.1) is 0 Å². The van der Waals surface area contributed by atoms with E-state index in [1.807, 2.05) is 13.1 Å². The minimum atomic E-state index is -0.0900. The standard InChI is InChI=1S/C17H16N2O2/c1-18-9-10-19-14-8-4-7-13-15(14)17(21)12-6-3-2-5-11(12)16(13)20/h2-8,18-19H,9-10H2,1H3. The SMILES string of the molecule is CNCCNc1cccc2c1C(=O)c1ccccc1C2=O. The third kappa shape index (κ3) is 2.23. The maximum atomic E-state index is 12.7. The second kappa shape index (κ2) is 5.50. The molecule has 2 N–H and O–H groups in total. The third-order valence-electron chi connectivity index (χ3n) is 3.64. The fourth-order valence-electron chi connectivity index (χ4n) is 2.61. The molecule has 0 radical (unpaired) electrons. The van der Waals surface area contributed by atoms with Gasteiger partial charge in [-0.1, -0.05) is 36.4 Å². The van der Waals surface area contributed by atoms with Gasteiger partial charge in [0, 0.05) is 35.5 Å². The number of rotatable bonds is 4. The van der Waals surface area contributed by atoms with Crippen molar-refractivity contribution in [3.8, 4) is 0 Å². The quantitative estimate of drug-likeness (QED) is 0.719. The molecule has 3 rings (SSSR count). The first kappa shape index (κ1) is 13.5. The predicted octanol–water partition coefficient (Wildman–Crippen LogP) is 2.09. The molecular weight excluding hydrogens is 264 g/mol. The lowest BCUT2D eigenvalue weighted by Crippen LogP contribution is -2.24. The number of likely N-dealkylation sites (N-methyl/N-ethyl adjacent to an activating group) is 1. The highest BCUT2D eigenvalue weighted by molar-refractivity contribution is 6.30. The zero-order chi connectivity index (χ0) is 14.8. The van der Waals surface area contributed by atoms with E-state index in [0.717, 1.165) is 12.2 Å². The van der Waals surface area contributed by atoms with Crippen LogP contribution in [-0.2, 0) is 0 Å². The van der Waals surface area contributed by atoms with Crippen molar-refractivity contribution in [3.05, 3.63) is 64.7 Å². The van der Waals surface area contributed by atoms with Gasteiger partial charge in [0.1, 0.15) is 0 Å². The van der Waals surface area contributed by atoms with Crippen LogP contribution >= 0.6 is 0 Å². The molecule has 0 atom stereocenters. The number of hydrogen-bond acceptors (Lipinski definition) is 4. The van der Waals surface area contributed by atoms with Crippen LogP contribution in [0.4, 0.5) is 5.69 Å². The molecule has 2 aromatic rings. The summed E-state index contributed by atoms with van der Waals surface area (Å²) in [6, 6.07) is 12.3. The van der Waals surface area contributed by atoms with Crippen LogP contribution < -0.4 is 10.6 Å². The molecule has 0 aliphatic heterocycles. The number of fused-ring (bicyclic) bond motifs is 2. The Bertz CT molecular complexity index is 722. The lowest BCUT2D eigenvalue weighted by atomic mass is 9.83. The Morgan fingerprint density at radius 1 is 0.810 bits per heavy atom. The summed E-state index contributed by atoms with van der Waals surface area (Å²) in [5.41, 5.74) is 2.65. The number of ketones is 2. The molecule has 4 nitrogen and oxygen atoms in total. The molecule has 21 heavy (non-hydrogen) atoms. The Morgan fingerprint density at radius 3 is 2.19 bits per heavy atom. The van der Waals surface area contributed by atoms with Crippen molar-refractivity contribution in [2.75, 3.05) is 25.5 Å². The molecular formula is C17H16N2O2. The second-order valence-electron chi connectivity index (χ2n) is 4.96. The van der Waals surface area contributed by atoms with Crippen molar-refractivity contribution >= 4 is 17.3 Å². The minimum Gasteiger partial charge on any atom is -0.383 e. The molecule has 0 bridgehead atoms. The highest BCUT2D eigenvalue weighted by atomic mass is 16.1. The summed E-state index contributed by atoms with van der Waals surface area (Å²) < 4.78 is 0. The Morgan fingerprint density at radius 2 is 1.48 bits per heavy atom. The van der Waals surface area contributed by atoms with Crippen molar-refractivity contribution in [1.29, 1.82) is 0 Å². The van der Waals surface area contributed by atoms with E-state index in [1.54, 1.807) is 36.4 Å². The molecule has 1 aliphatic rings. The number of carbonyl (C=O) groups is 2. The summed E-state index contributed by atoms with van der Waals surface area (Å²) in [7, 11) is 1.87. The van der Waals surface area contributed by atoms with E-state index in [2.05, 4.69) is 10.6 Å². The van der Waals surface area contributed by atoms with Crippen LogP contribution in [-0.4, -0.2) is 31.7 Å². The van der Waals surface area contributed by atoms with Gasteiger partial charge in [-0.25, -0.2) is 0 Å². The van der Waals surface area contributed by atoms with Gasteiger partial charge >= 0.3 is 0 Å². The van der Waals surface area contributed by atoms with Crippen molar-refractivity contribution < 1.29 is 9.59 Å². The van der Waals surface area contributed by atoms with Gasteiger partial charge in [-0.3, -0.25) is 9.59 Å². The van der Waals surface area contributed by atoms with Gasteiger partial charge in [-0.2, -0.15) is 0 Å². The van der Waals surface area contributed by atoms with Crippen LogP contribution in [0.5, 0.6) is 0 Å². The van der Waals surface area contributed by atoms with E-state index in [4.69, 9.17) is 0 Å². The molecule has 0 aromatic heterocycles. The van der Waals surface area contributed by atoms with Crippen LogP contribution in [0.3, 0.4) is 0 Å². The molecule has 0 fully saturated rings. The fraction of sp³-hybridized carbons (Fsp3) is 0.176. The number of benzene rings is 2. The van der Waals surface area contributed by atoms with Crippen molar-refractivity contribution in [3.63, 3.8) is 0 Å². The van der Waals surface area contributed by atoms with Crippen molar-refractivity contribution in [2.24, 2.45) is 0 Å². The van der Waals surface area contributed by atoms with E-state index < -0.39 is 0 Å². The molecule has 0 saturated heterocycles. The molecule has 1 aliphatic carbocycles. The first-order chi connectivity index (χ1) is 10.2. The zero-order valence-electron chi connectivity index (χ0n) is 11.8. The smallest absolute Gasteiger partial charge is 0.196 e. The average Bonchev–Trinajstić information content (AvgIpc) is 2.53. The maximum absolute atomic E-state index is 12.7. The van der Waals surface area contributed by atoms with Gasteiger partial charge in [0.2, 0.25) is 0 Å². The fourth-order valence-corrected chi connectivity index (χ4v) is 2.61. The molecule has 2 aromatic carbocycles. The molecule has 0 amide bonds. The van der Waals surface area contributed by atoms with E-state index in [9.17, 15) is 9.59 Å². The highest BCUT2D eigenvalue weighted by Crippen LogP contribution is 2.31. The minimum absolute atomic E-state index is 0.0857. The summed E-state index contributed by atoms with van der Waals surface area (Å²) in [5, 5.41) is 6.26. The second-order valence-corrected chi connectivity index (χ2v) is 4.96. The summed E-state index contributed by atoms with van der Waals surface area (Å²) in [6.07, 6.45) is 0. The summed E-state index contributed by atoms with van der Waals surface area (Å²) in [5.74, 6) is -0.176. The van der Waals surface area contributed by atoms with E-state index in [-0.39, 0.29) is 11.6 Å². The van der Waals surface area contributed by atoms with Gasteiger partial charge in [0.25, 0.3) is 0 Å². The first-order valence-corrected chi connectivity index (χ1v) is 6.94. The third-order valence-corrected chi connectivity index (χ3v) is 3.64. The monoisotopic (exact) mass is 280 g/mol. The van der Waals surface area contributed by atoms with Crippen molar-refractivity contribution in [2.45, 2.75) is 0 Å². The van der Waals surface area contributed by atoms with Crippen LogP contribution in [0.25, 0.3) is 0 Å². The molecule has 0 spiro atoms.